The van der Waals surface area contributed by atoms with Crippen molar-refractivity contribution in [2.75, 3.05) is 19.8 Å². The van der Waals surface area contributed by atoms with Gasteiger partial charge in [0.05, 0.1) is 17.2 Å². The van der Waals surface area contributed by atoms with Gasteiger partial charge >= 0.3 is 12.1 Å². The molecule has 0 amide bonds. The van der Waals surface area contributed by atoms with Crippen LogP contribution in [0.5, 0.6) is 0 Å². The molecule has 0 saturated carbocycles. The quantitative estimate of drug-likeness (QED) is 0.328. The Morgan fingerprint density at radius 2 is 1.95 bits per heavy atom. The molecule has 0 unspecified atom stereocenters. The van der Waals surface area contributed by atoms with Gasteiger partial charge < -0.3 is 9.47 Å². The second-order valence-corrected chi connectivity index (χ2v) is 3.69. The smallest absolute Gasteiger partial charge is 0.430 e. The van der Waals surface area contributed by atoms with E-state index < -0.39 is 12.1 Å². The Morgan fingerprint density at radius 3 is 2.65 bits per heavy atom. The predicted octanol–water partition coefficient (Wildman–Crippen LogP) is 2.19. The van der Waals surface area contributed by atoms with E-state index in [0.29, 0.717) is 6.61 Å². The summed E-state index contributed by atoms with van der Waals surface area (Å²) in [5.41, 5.74) is 1.16. The van der Waals surface area contributed by atoms with Crippen molar-refractivity contribution in [1.82, 2.24) is 0 Å². The molecule has 7 heteroatoms. The van der Waals surface area contributed by atoms with Gasteiger partial charge in [-0.3, -0.25) is 4.89 Å². The van der Waals surface area contributed by atoms with Crippen molar-refractivity contribution in [3.05, 3.63) is 35.4 Å². The molecule has 0 heterocycles. The van der Waals surface area contributed by atoms with Crippen molar-refractivity contribution in [3.63, 3.8) is 0 Å². The molecule has 1 rings (SSSR count). The van der Waals surface area contributed by atoms with Crippen LogP contribution in [0.1, 0.15) is 22.8 Å². The van der Waals surface area contributed by atoms with Crippen LogP contribution in [0.2, 0.25) is 0 Å². The van der Waals surface area contributed by atoms with Crippen LogP contribution >= 0.6 is 0 Å². The number of aryl methyl sites for hydroxylation is 1. The van der Waals surface area contributed by atoms with E-state index in [9.17, 15) is 9.59 Å². The van der Waals surface area contributed by atoms with Crippen LogP contribution in [0.3, 0.4) is 0 Å². The largest absolute Gasteiger partial charge is 0.543 e. The van der Waals surface area contributed by atoms with Crippen LogP contribution in [0.4, 0.5) is 4.79 Å². The van der Waals surface area contributed by atoms with Gasteiger partial charge in [0.1, 0.15) is 6.61 Å². The van der Waals surface area contributed by atoms with Gasteiger partial charge in [0, 0.05) is 6.61 Å². The second kappa shape index (κ2) is 8.89. The van der Waals surface area contributed by atoms with Crippen LogP contribution in [-0.2, 0) is 24.3 Å². The van der Waals surface area contributed by atoms with Gasteiger partial charge in [-0.2, -0.15) is 0 Å². The van der Waals surface area contributed by atoms with E-state index in [1.54, 1.807) is 18.2 Å². The van der Waals surface area contributed by atoms with E-state index in [4.69, 9.17) is 4.74 Å². The lowest BCUT2D eigenvalue weighted by molar-refractivity contribution is -0.452. The van der Waals surface area contributed by atoms with Crippen molar-refractivity contribution in [1.29, 1.82) is 0 Å². The topological polar surface area (TPSA) is 80.3 Å². The fraction of sp³-hybridized carbons (Fsp3) is 0.385. The minimum absolute atomic E-state index is 0.0157. The summed E-state index contributed by atoms with van der Waals surface area (Å²) in [6, 6.07) is 6.66. The number of benzene rings is 1. The van der Waals surface area contributed by atoms with Crippen LogP contribution in [0, 0.1) is 6.92 Å². The molecule has 1 aromatic carbocycles. The highest BCUT2D eigenvalue weighted by Crippen LogP contribution is 2.06. The normalized spacial score (nSPS) is 9.90. The van der Waals surface area contributed by atoms with Gasteiger partial charge in [-0.25, -0.2) is 14.5 Å². The van der Waals surface area contributed by atoms with Crippen LogP contribution in [-0.4, -0.2) is 31.9 Å². The van der Waals surface area contributed by atoms with Crippen molar-refractivity contribution < 1.29 is 33.9 Å². The van der Waals surface area contributed by atoms with E-state index in [-0.39, 0.29) is 18.8 Å². The summed E-state index contributed by atoms with van der Waals surface area (Å²) in [6.07, 6.45) is -1.12. The monoisotopic (exact) mass is 284 g/mol. The minimum Gasteiger partial charge on any atom is -0.430 e. The number of ether oxygens (including phenoxy) is 2. The van der Waals surface area contributed by atoms with E-state index in [0.717, 1.165) is 5.56 Å². The molecule has 1 aromatic rings. The third-order valence-electron chi connectivity index (χ3n) is 2.12. The van der Waals surface area contributed by atoms with Crippen molar-refractivity contribution in [2.45, 2.75) is 13.8 Å². The zero-order valence-electron chi connectivity index (χ0n) is 11.3. The van der Waals surface area contributed by atoms with Crippen molar-refractivity contribution >= 4 is 12.1 Å². The molecule has 0 aromatic heterocycles. The average Bonchev–Trinajstić information content (AvgIpc) is 2.43. The Hall–Kier alpha value is -2.12. The standard InChI is InChI=1S/C13H16O7/c1-3-16-7-8-17-13(15)19-20-18-12(14)11-6-4-5-10(2)9-11/h4-6,9H,3,7-8H2,1-2H3. The fourth-order valence-corrected chi connectivity index (χ4v) is 1.25. The second-order valence-electron chi connectivity index (χ2n) is 3.69. The summed E-state index contributed by atoms with van der Waals surface area (Å²) < 4.78 is 9.48. The Bertz CT molecular complexity index is 444. The summed E-state index contributed by atoms with van der Waals surface area (Å²) in [5.74, 6) is -0.782. The summed E-state index contributed by atoms with van der Waals surface area (Å²) in [4.78, 5) is 30.8. The van der Waals surface area contributed by atoms with E-state index >= 15 is 0 Å². The Balaban J connectivity index is 2.20. The van der Waals surface area contributed by atoms with Gasteiger partial charge in [-0.1, -0.05) is 17.7 Å². The zero-order valence-corrected chi connectivity index (χ0v) is 11.3. The Labute approximate surface area is 116 Å². The molecule has 0 aliphatic carbocycles. The van der Waals surface area contributed by atoms with Gasteiger partial charge in [0.25, 0.3) is 0 Å². The van der Waals surface area contributed by atoms with Crippen molar-refractivity contribution in [3.8, 4) is 0 Å². The van der Waals surface area contributed by atoms with Gasteiger partial charge in [-0.15, -0.1) is 0 Å². The fourth-order valence-electron chi connectivity index (χ4n) is 1.25. The average molecular weight is 284 g/mol. The number of hydrogen-bond donors (Lipinski definition) is 0. The first-order valence-corrected chi connectivity index (χ1v) is 6.00. The van der Waals surface area contributed by atoms with E-state index in [1.165, 1.54) is 0 Å². The maximum atomic E-state index is 11.5. The molecule has 0 aliphatic rings. The summed E-state index contributed by atoms with van der Waals surface area (Å²) in [7, 11) is 0. The lowest BCUT2D eigenvalue weighted by Crippen LogP contribution is -2.14. The molecule has 0 radical (unpaired) electrons. The van der Waals surface area contributed by atoms with Gasteiger partial charge in [0.2, 0.25) is 0 Å². The molecule has 0 saturated heterocycles. The summed E-state index contributed by atoms with van der Waals surface area (Å²) in [5, 5.41) is 4.04. The molecular weight excluding hydrogens is 268 g/mol. The number of rotatable bonds is 7. The molecule has 0 aliphatic heterocycles. The van der Waals surface area contributed by atoms with E-state index in [1.807, 2.05) is 19.9 Å². The van der Waals surface area contributed by atoms with Crippen LogP contribution in [0.15, 0.2) is 24.3 Å². The highest BCUT2D eigenvalue weighted by molar-refractivity contribution is 5.89. The highest BCUT2D eigenvalue weighted by atomic mass is 17.5. The first-order chi connectivity index (χ1) is 9.63. The van der Waals surface area contributed by atoms with Crippen molar-refractivity contribution in [2.24, 2.45) is 0 Å². The third kappa shape index (κ3) is 6.17. The Kier molecular flexibility index (Phi) is 7.08. The maximum absolute atomic E-state index is 11.5. The molecule has 0 N–H and O–H groups in total. The lowest BCUT2D eigenvalue weighted by atomic mass is 10.1. The van der Waals surface area contributed by atoms with Crippen LogP contribution in [0.25, 0.3) is 0 Å². The minimum atomic E-state index is -1.12. The summed E-state index contributed by atoms with van der Waals surface area (Å²) >= 11 is 0. The third-order valence-corrected chi connectivity index (χ3v) is 2.12. The first kappa shape index (κ1) is 15.9. The number of hydrogen-bond acceptors (Lipinski definition) is 7. The highest BCUT2D eigenvalue weighted by Gasteiger charge is 2.11. The number of carbonyl (C=O) groups excluding carboxylic acids is 2. The predicted molar refractivity (Wildman–Crippen MR) is 66.6 cm³/mol. The summed E-state index contributed by atoms with van der Waals surface area (Å²) in [6.45, 7) is 4.41. The maximum Gasteiger partial charge on any atom is 0.543 e. The molecule has 7 nitrogen and oxygen atoms in total. The molecule has 110 valence electrons. The van der Waals surface area contributed by atoms with E-state index in [2.05, 4.69) is 19.6 Å². The molecule has 20 heavy (non-hydrogen) atoms. The first-order valence-electron chi connectivity index (χ1n) is 6.00. The lowest BCUT2D eigenvalue weighted by Gasteiger charge is -2.04. The Morgan fingerprint density at radius 1 is 1.15 bits per heavy atom. The van der Waals surface area contributed by atoms with Crippen LogP contribution < -0.4 is 0 Å². The number of carbonyl (C=O) groups is 2. The molecular formula is C13H16O7. The SMILES string of the molecule is CCOCCOC(=O)OOOC(=O)c1cccc(C)c1. The van der Waals surface area contributed by atoms with Gasteiger partial charge in [0.15, 0.2) is 0 Å². The zero-order chi connectivity index (χ0) is 14.8. The molecule has 0 spiro atoms. The van der Waals surface area contributed by atoms with Gasteiger partial charge in [-0.05, 0) is 26.0 Å². The molecule has 0 bridgehead atoms. The molecule has 0 fully saturated rings. The molecule has 0 atom stereocenters.